The molecule has 1 heterocycles. The lowest BCUT2D eigenvalue weighted by molar-refractivity contribution is 0.155. The molecule has 164 valence electrons. The summed E-state index contributed by atoms with van der Waals surface area (Å²) in [5.41, 5.74) is 0.914. The molecule has 4 aromatic rings. The normalized spacial score (nSPS) is 12.5. The van der Waals surface area contributed by atoms with Crippen molar-refractivity contribution in [3.63, 3.8) is 0 Å². The first-order valence-corrected chi connectivity index (χ1v) is 10.00. The molecule has 0 saturated heterocycles. The molecule has 0 amide bonds. The second-order valence-electron chi connectivity index (χ2n) is 7.32. The van der Waals surface area contributed by atoms with Crippen LogP contribution in [-0.2, 0) is 0 Å². The topological polar surface area (TPSA) is 55.0 Å². The molecule has 4 nitrogen and oxygen atoms in total. The van der Waals surface area contributed by atoms with Crippen molar-refractivity contribution in [3.8, 4) is 11.8 Å². The maximum absolute atomic E-state index is 14.2. The highest BCUT2D eigenvalue weighted by molar-refractivity contribution is 5.36. The standard InChI is InChI=1S/C26H17F3N2O2/c27-20-7-3-18(4-8-20)25(31-16-22(29)11-14-24(31)32)26(19-5-9-21(28)10-6-19)33-23-12-1-17(15-30)2-13-23/h1-14,16,25-26H/t25-,26-/m1/s1. The summed E-state index contributed by atoms with van der Waals surface area (Å²) < 4.78 is 48.9. The third-order valence-corrected chi connectivity index (χ3v) is 5.15. The lowest BCUT2D eigenvalue weighted by Crippen LogP contribution is -2.31. The smallest absolute Gasteiger partial charge is 0.251 e. The van der Waals surface area contributed by atoms with Gasteiger partial charge in [0.15, 0.2) is 0 Å². The van der Waals surface area contributed by atoms with Crippen LogP contribution in [0, 0.1) is 28.8 Å². The molecule has 0 aliphatic rings. The summed E-state index contributed by atoms with van der Waals surface area (Å²) in [5.74, 6) is -1.20. The van der Waals surface area contributed by atoms with E-state index in [0.29, 0.717) is 22.4 Å². The van der Waals surface area contributed by atoms with Crippen molar-refractivity contribution in [1.82, 2.24) is 4.57 Å². The van der Waals surface area contributed by atoms with Gasteiger partial charge in [-0.2, -0.15) is 5.26 Å². The lowest BCUT2D eigenvalue weighted by Gasteiger charge is -2.30. The van der Waals surface area contributed by atoms with E-state index in [1.807, 2.05) is 6.07 Å². The largest absolute Gasteiger partial charge is 0.483 e. The first-order valence-electron chi connectivity index (χ1n) is 10.00. The summed E-state index contributed by atoms with van der Waals surface area (Å²) >= 11 is 0. The van der Waals surface area contributed by atoms with Crippen LogP contribution in [0.15, 0.2) is 95.9 Å². The summed E-state index contributed by atoms with van der Waals surface area (Å²) in [6, 6.07) is 20.5. The highest BCUT2D eigenvalue weighted by atomic mass is 19.1. The molecule has 0 unspecified atom stereocenters. The average molecular weight is 446 g/mol. The van der Waals surface area contributed by atoms with Gasteiger partial charge >= 0.3 is 0 Å². The van der Waals surface area contributed by atoms with Crippen LogP contribution in [0.1, 0.15) is 28.8 Å². The van der Waals surface area contributed by atoms with Crippen LogP contribution >= 0.6 is 0 Å². The molecule has 0 bridgehead atoms. The van der Waals surface area contributed by atoms with Crippen molar-refractivity contribution in [2.45, 2.75) is 12.1 Å². The van der Waals surface area contributed by atoms with Crippen molar-refractivity contribution in [2.24, 2.45) is 0 Å². The fraction of sp³-hybridized carbons (Fsp3) is 0.0769. The maximum Gasteiger partial charge on any atom is 0.251 e. The van der Waals surface area contributed by atoms with Gasteiger partial charge in [-0.15, -0.1) is 0 Å². The van der Waals surface area contributed by atoms with Gasteiger partial charge < -0.3 is 9.30 Å². The Hall–Kier alpha value is -4.31. The van der Waals surface area contributed by atoms with E-state index in [1.165, 1.54) is 53.1 Å². The first kappa shape index (κ1) is 21.9. The van der Waals surface area contributed by atoms with E-state index in [0.717, 1.165) is 18.3 Å². The molecule has 7 heteroatoms. The number of ether oxygens (including phenoxy) is 1. The molecule has 0 aliphatic heterocycles. The van der Waals surface area contributed by atoms with E-state index in [4.69, 9.17) is 10.00 Å². The van der Waals surface area contributed by atoms with Crippen LogP contribution in [-0.4, -0.2) is 4.57 Å². The first-order chi connectivity index (χ1) is 15.9. The fourth-order valence-corrected chi connectivity index (χ4v) is 3.56. The van der Waals surface area contributed by atoms with Gasteiger partial charge in [0, 0.05) is 12.3 Å². The van der Waals surface area contributed by atoms with Gasteiger partial charge in [0.2, 0.25) is 0 Å². The van der Waals surface area contributed by atoms with Crippen LogP contribution in [0.25, 0.3) is 0 Å². The van der Waals surface area contributed by atoms with Gasteiger partial charge in [-0.05, 0) is 65.7 Å². The molecule has 0 saturated carbocycles. The van der Waals surface area contributed by atoms with Gasteiger partial charge in [0.05, 0.1) is 11.6 Å². The Balaban J connectivity index is 1.90. The van der Waals surface area contributed by atoms with Gasteiger partial charge in [-0.1, -0.05) is 24.3 Å². The number of nitrogens with zero attached hydrogens (tertiary/aromatic N) is 2. The number of hydrogen-bond acceptors (Lipinski definition) is 3. The van der Waals surface area contributed by atoms with Crippen molar-refractivity contribution >= 4 is 0 Å². The predicted molar refractivity (Wildman–Crippen MR) is 116 cm³/mol. The zero-order valence-corrected chi connectivity index (χ0v) is 17.2. The van der Waals surface area contributed by atoms with Gasteiger partial charge in [0.25, 0.3) is 5.56 Å². The van der Waals surface area contributed by atoms with Crippen molar-refractivity contribution in [1.29, 1.82) is 5.26 Å². The van der Waals surface area contributed by atoms with Crippen LogP contribution in [0.4, 0.5) is 13.2 Å². The second kappa shape index (κ2) is 9.45. The molecule has 4 rings (SSSR count). The number of nitriles is 1. The lowest BCUT2D eigenvalue weighted by atomic mass is 9.94. The van der Waals surface area contributed by atoms with E-state index < -0.39 is 35.2 Å². The number of hydrogen-bond donors (Lipinski definition) is 0. The van der Waals surface area contributed by atoms with Crippen LogP contribution < -0.4 is 10.3 Å². The molecule has 0 aliphatic carbocycles. The number of halogens is 3. The summed E-state index contributed by atoms with van der Waals surface area (Å²) in [4.78, 5) is 12.7. The molecule has 2 atom stereocenters. The number of aromatic nitrogens is 1. The molecule has 3 aromatic carbocycles. The number of pyridine rings is 1. The Morgan fingerprint density at radius 1 is 0.727 bits per heavy atom. The van der Waals surface area contributed by atoms with Gasteiger partial charge in [-0.3, -0.25) is 4.79 Å². The number of rotatable bonds is 6. The predicted octanol–water partition coefficient (Wildman–Crippen LogP) is 5.55. The Morgan fingerprint density at radius 3 is 1.85 bits per heavy atom. The monoisotopic (exact) mass is 446 g/mol. The highest BCUT2D eigenvalue weighted by Gasteiger charge is 2.30. The molecular weight excluding hydrogens is 429 g/mol. The maximum atomic E-state index is 14.2. The zero-order chi connectivity index (χ0) is 23.4. The minimum atomic E-state index is -0.927. The Labute approximate surface area is 187 Å². The molecule has 0 spiro atoms. The van der Waals surface area contributed by atoms with Crippen LogP contribution in [0.5, 0.6) is 5.75 Å². The summed E-state index contributed by atoms with van der Waals surface area (Å²) in [6.45, 7) is 0. The molecule has 33 heavy (non-hydrogen) atoms. The van der Waals surface area contributed by atoms with Crippen LogP contribution in [0.2, 0.25) is 0 Å². The van der Waals surface area contributed by atoms with Crippen LogP contribution in [0.3, 0.4) is 0 Å². The van der Waals surface area contributed by atoms with E-state index in [-0.39, 0.29) is 0 Å². The molecular formula is C26H17F3N2O2. The van der Waals surface area contributed by atoms with E-state index in [1.54, 1.807) is 24.3 Å². The molecule has 0 radical (unpaired) electrons. The third kappa shape index (κ3) is 4.96. The van der Waals surface area contributed by atoms with Gasteiger partial charge in [0.1, 0.15) is 35.3 Å². The Bertz CT molecular complexity index is 1340. The molecule has 1 aromatic heterocycles. The van der Waals surface area contributed by atoms with Crippen molar-refractivity contribution in [2.75, 3.05) is 0 Å². The number of benzene rings is 3. The van der Waals surface area contributed by atoms with Gasteiger partial charge in [-0.25, -0.2) is 13.2 Å². The minimum Gasteiger partial charge on any atom is -0.483 e. The van der Waals surface area contributed by atoms with E-state index >= 15 is 0 Å². The summed E-state index contributed by atoms with van der Waals surface area (Å²) in [5, 5.41) is 9.05. The SMILES string of the molecule is N#Cc1ccc(O[C@H](c2ccc(F)cc2)[C@@H](c2ccc(F)cc2)n2cc(F)ccc2=O)cc1. The molecule has 0 fully saturated rings. The van der Waals surface area contributed by atoms with E-state index in [2.05, 4.69) is 0 Å². The highest BCUT2D eigenvalue weighted by Crippen LogP contribution is 2.36. The third-order valence-electron chi connectivity index (χ3n) is 5.15. The van der Waals surface area contributed by atoms with E-state index in [9.17, 15) is 18.0 Å². The quantitative estimate of drug-likeness (QED) is 0.390. The van der Waals surface area contributed by atoms with Crippen molar-refractivity contribution < 1.29 is 17.9 Å². The Morgan fingerprint density at radius 2 is 1.27 bits per heavy atom. The molecule has 0 N–H and O–H groups in total. The fourth-order valence-electron chi connectivity index (χ4n) is 3.56. The second-order valence-corrected chi connectivity index (χ2v) is 7.32. The average Bonchev–Trinajstić information content (AvgIpc) is 2.83. The minimum absolute atomic E-state index is 0.375. The summed E-state index contributed by atoms with van der Waals surface area (Å²) in [7, 11) is 0. The van der Waals surface area contributed by atoms with Crippen molar-refractivity contribution in [3.05, 3.63) is 136 Å². The Kier molecular flexibility index (Phi) is 6.27. The zero-order valence-electron chi connectivity index (χ0n) is 17.2. The summed E-state index contributed by atoms with van der Waals surface area (Å²) in [6.07, 6.45) is 0.123.